The Morgan fingerprint density at radius 1 is 1.50 bits per heavy atom. The average Bonchev–Trinajstić information content (AvgIpc) is 2.83. The topological polar surface area (TPSA) is 92.7 Å². The Labute approximate surface area is 117 Å². The maximum absolute atomic E-state index is 12.2. The van der Waals surface area contributed by atoms with Crippen LogP contribution >= 0.6 is 0 Å². The molecule has 0 aliphatic carbocycles. The van der Waals surface area contributed by atoms with Gasteiger partial charge >= 0.3 is 5.97 Å². The van der Waals surface area contributed by atoms with Crippen molar-refractivity contribution >= 4 is 16.0 Å². The molecule has 1 aliphatic heterocycles. The van der Waals surface area contributed by atoms with Crippen LogP contribution in [-0.2, 0) is 21.2 Å². The molecular weight excluding hydrogens is 282 g/mol. The number of aliphatic carboxylic acids is 1. The number of nitrogens with one attached hydrogen (secondary N) is 1. The highest BCUT2D eigenvalue weighted by Gasteiger charge is 2.21. The summed E-state index contributed by atoms with van der Waals surface area (Å²) in [5, 5.41) is 8.59. The van der Waals surface area contributed by atoms with Crippen LogP contribution in [0.2, 0.25) is 0 Å². The molecule has 0 fully saturated rings. The van der Waals surface area contributed by atoms with Crippen molar-refractivity contribution in [3.8, 4) is 5.75 Å². The van der Waals surface area contributed by atoms with Gasteiger partial charge in [0.05, 0.1) is 11.5 Å². The number of carboxylic acids is 1. The number of sulfonamides is 1. The number of benzene rings is 1. The lowest BCUT2D eigenvalue weighted by molar-refractivity contribution is -0.137. The first-order valence-corrected chi connectivity index (χ1v) is 7.86. The van der Waals surface area contributed by atoms with Gasteiger partial charge in [0, 0.05) is 18.9 Å². The van der Waals surface area contributed by atoms with Crippen LogP contribution in [0, 0.1) is 0 Å². The molecule has 0 bridgehead atoms. The lowest BCUT2D eigenvalue weighted by Gasteiger charge is -2.13. The molecule has 110 valence electrons. The molecule has 0 saturated heterocycles. The van der Waals surface area contributed by atoms with Gasteiger partial charge in [-0.2, -0.15) is 0 Å². The maximum atomic E-state index is 12.2. The van der Waals surface area contributed by atoms with Gasteiger partial charge in [0.25, 0.3) is 0 Å². The third-order valence-corrected chi connectivity index (χ3v) is 4.71. The molecule has 1 atom stereocenters. The minimum atomic E-state index is -3.63. The van der Waals surface area contributed by atoms with E-state index in [1.807, 2.05) is 0 Å². The van der Waals surface area contributed by atoms with Gasteiger partial charge in [-0.25, -0.2) is 13.1 Å². The summed E-state index contributed by atoms with van der Waals surface area (Å²) in [4.78, 5) is 10.7. The summed E-state index contributed by atoms with van der Waals surface area (Å²) >= 11 is 0. The molecule has 0 radical (unpaired) electrons. The van der Waals surface area contributed by atoms with Crippen molar-refractivity contribution in [2.45, 2.75) is 37.1 Å². The van der Waals surface area contributed by atoms with E-state index in [2.05, 4.69) is 4.72 Å². The summed E-state index contributed by atoms with van der Waals surface area (Å²) in [6.07, 6.45) is 0.886. The summed E-state index contributed by atoms with van der Waals surface area (Å²) in [6, 6.07) is 4.32. The Morgan fingerprint density at radius 2 is 2.25 bits per heavy atom. The largest absolute Gasteiger partial charge is 0.493 e. The molecule has 0 spiro atoms. The van der Waals surface area contributed by atoms with Crippen LogP contribution in [0.4, 0.5) is 0 Å². The summed E-state index contributed by atoms with van der Waals surface area (Å²) in [5.74, 6) is -0.214. The van der Waals surface area contributed by atoms with E-state index in [0.717, 1.165) is 11.3 Å². The van der Waals surface area contributed by atoms with Crippen molar-refractivity contribution < 1.29 is 23.1 Å². The Balaban J connectivity index is 2.08. The number of carboxylic acid groups (broad SMARTS) is 1. The molecule has 6 nitrogen and oxygen atoms in total. The second-order valence-electron chi connectivity index (χ2n) is 4.82. The molecule has 2 N–H and O–H groups in total. The summed E-state index contributed by atoms with van der Waals surface area (Å²) in [7, 11) is -3.63. The van der Waals surface area contributed by atoms with Crippen molar-refractivity contribution in [2.24, 2.45) is 0 Å². The van der Waals surface area contributed by atoms with E-state index in [4.69, 9.17) is 9.84 Å². The van der Waals surface area contributed by atoms with Crippen LogP contribution < -0.4 is 9.46 Å². The standard InChI is InChI=1S/C13H17NO5S/c1-9(2-5-13(15)16)14-20(17,18)11-3-4-12-10(8-11)6-7-19-12/h3-4,8-9,14H,2,5-7H2,1H3,(H,15,16). The summed E-state index contributed by atoms with van der Waals surface area (Å²) in [6.45, 7) is 2.22. The van der Waals surface area contributed by atoms with E-state index >= 15 is 0 Å². The molecule has 0 saturated carbocycles. The molecule has 1 heterocycles. The van der Waals surface area contributed by atoms with E-state index < -0.39 is 22.0 Å². The smallest absolute Gasteiger partial charge is 0.303 e. The SMILES string of the molecule is CC(CCC(=O)O)NS(=O)(=O)c1ccc2c(c1)CCO2. The lowest BCUT2D eigenvalue weighted by Crippen LogP contribution is -2.33. The first-order chi connectivity index (χ1) is 9.38. The van der Waals surface area contributed by atoms with E-state index in [1.165, 1.54) is 6.07 Å². The third kappa shape index (κ3) is 3.49. The van der Waals surface area contributed by atoms with Crippen molar-refractivity contribution in [2.75, 3.05) is 6.61 Å². The van der Waals surface area contributed by atoms with Crippen LogP contribution in [0.25, 0.3) is 0 Å². The van der Waals surface area contributed by atoms with E-state index in [9.17, 15) is 13.2 Å². The van der Waals surface area contributed by atoms with Crippen LogP contribution in [0.3, 0.4) is 0 Å². The quantitative estimate of drug-likeness (QED) is 0.822. The Morgan fingerprint density at radius 3 is 2.95 bits per heavy atom. The predicted molar refractivity (Wildman–Crippen MR) is 72.3 cm³/mol. The van der Waals surface area contributed by atoms with Gasteiger partial charge in [-0.05, 0) is 37.1 Å². The van der Waals surface area contributed by atoms with Crippen molar-refractivity contribution in [1.29, 1.82) is 0 Å². The van der Waals surface area contributed by atoms with Gasteiger partial charge in [-0.3, -0.25) is 4.79 Å². The fourth-order valence-corrected chi connectivity index (χ4v) is 3.39. The average molecular weight is 299 g/mol. The number of carbonyl (C=O) groups is 1. The molecule has 0 aromatic heterocycles. The number of ether oxygens (including phenoxy) is 1. The molecule has 1 aliphatic rings. The minimum Gasteiger partial charge on any atom is -0.493 e. The minimum absolute atomic E-state index is 0.0677. The lowest BCUT2D eigenvalue weighted by atomic mass is 10.2. The van der Waals surface area contributed by atoms with Crippen LogP contribution in [0.15, 0.2) is 23.1 Å². The molecule has 1 aromatic rings. The molecule has 2 rings (SSSR count). The van der Waals surface area contributed by atoms with Crippen LogP contribution in [0.5, 0.6) is 5.75 Å². The van der Waals surface area contributed by atoms with E-state index in [0.29, 0.717) is 13.0 Å². The third-order valence-electron chi connectivity index (χ3n) is 3.12. The van der Waals surface area contributed by atoms with Crippen LogP contribution in [-0.4, -0.2) is 32.1 Å². The zero-order valence-electron chi connectivity index (χ0n) is 11.1. The zero-order valence-corrected chi connectivity index (χ0v) is 11.9. The highest BCUT2D eigenvalue weighted by atomic mass is 32.2. The van der Waals surface area contributed by atoms with E-state index in [1.54, 1.807) is 19.1 Å². The van der Waals surface area contributed by atoms with Crippen LogP contribution in [0.1, 0.15) is 25.3 Å². The first kappa shape index (κ1) is 14.8. The Hall–Kier alpha value is -1.60. The van der Waals surface area contributed by atoms with Gasteiger partial charge in [-0.1, -0.05) is 0 Å². The van der Waals surface area contributed by atoms with E-state index in [-0.39, 0.29) is 17.7 Å². The van der Waals surface area contributed by atoms with Gasteiger partial charge in [0.1, 0.15) is 5.75 Å². The van der Waals surface area contributed by atoms with Gasteiger partial charge in [0.2, 0.25) is 10.0 Å². The predicted octanol–water partition coefficient (Wildman–Crippen LogP) is 1.15. The van der Waals surface area contributed by atoms with Crippen molar-refractivity contribution in [3.63, 3.8) is 0 Å². The number of hydrogen-bond acceptors (Lipinski definition) is 4. The molecule has 1 unspecified atom stereocenters. The van der Waals surface area contributed by atoms with Crippen molar-refractivity contribution in [3.05, 3.63) is 23.8 Å². The molecule has 7 heteroatoms. The number of hydrogen-bond donors (Lipinski definition) is 2. The molecule has 1 aromatic carbocycles. The van der Waals surface area contributed by atoms with Gasteiger partial charge < -0.3 is 9.84 Å². The van der Waals surface area contributed by atoms with Gasteiger partial charge in [0.15, 0.2) is 0 Å². The van der Waals surface area contributed by atoms with Crippen molar-refractivity contribution in [1.82, 2.24) is 4.72 Å². The molecule has 0 amide bonds. The highest BCUT2D eigenvalue weighted by Crippen LogP contribution is 2.27. The Kier molecular flexibility index (Phi) is 4.29. The monoisotopic (exact) mass is 299 g/mol. The molecular formula is C13H17NO5S. The number of fused-ring (bicyclic) bond motifs is 1. The maximum Gasteiger partial charge on any atom is 0.303 e. The summed E-state index contributed by atoms with van der Waals surface area (Å²) in [5.41, 5.74) is 0.881. The Bertz CT molecular complexity index is 611. The first-order valence-electron chi connectivity index (χ1n) is 6.38. The van der Waals surface area contributed by atoms with Gasteiger partial charge in [-0.15, -0.1) is 0 Å². The second kappa shape index (κ2) is 5.80. The normalized spacial score (nSPS) is 15.4. The molecule has 20 heavy (non-hydrogen) atoms. The highest BCUT2D eigenvalue weighted by molar-refractivity contribution is 7.89. The second-order valence-corrected chi connectivity index (χ2v) is 6.54. The fourth-order valence-electron chi connectivity index (χ4n) is 2.06. The number of rotatable bonds is 6. The summed E-state index contributed by atoms with van der Waals surface area (Å²) < 4.78 is 32.2. The zero-order chi connectivity index (χ0) is 14.8. The fraction of sp³-hybridized carbons (Fsp3) is 0.462.